The molecular formula is C20H27NO6S2. The van der Waals surface area contributed by atoms with Crippen molar-refractivity contribution in [2.75, 3.05) is 5.75 Å². The van der Waals surface area contributed by atoms with Gasteiger partial charge in [-0.1, -0.05) is 19.1 Å². The van der Waals surface area contributed by atoms with E-state index in [1.54, 1.807) is 19.9 Å². The minimum atomic E-state index is -3.64. The molecule has 1 aromatic heterocycles. The van der Waals surface area contributed by atoms with Gasteiger partial charge in [0.25, 0.3) is 0 Å². The summed E-state index contributed by atoms with van der Waals surface area (Å²) in [5.41, 5.74) is 0.662. The first-order chi connectivity index (χ1) is 13.6. The molecule has 0 N–H and O–H groups in total. The first-order valence-electron chi connectivity index (χ1n) is 9.71. The van der Waals surface area contributed by atoms with E-state index in [1.807, 2.05) is 32.0 Å². The number of sulfone groups is 1. The monoisotopic (exact) mass is 441 g/mol. The molecule has 2 unspecified atom stereocenters. The van der Waals surface area contributed by atoms with Crippen molar-refractivity contribution < 1.29 is 27.4 Å². The van der Waals surface area contributed by atoms with Gasteiger partial charge in [0.2, 0.25) is 14.2 Å². The van der Waals surface area contributed by atoms with Crippen LogP contribution in [0.25, 0.3) is 10.2 Å². The molecule has 0 amide bonds. The molecule has 2 heterocycles. The average Bonchev–Trinajstić information content (AvgIpc) is 3.04. The van der Waals surface area contributed by atoms with Gasteiger partial charge in [-0.25, -0.2) is 13.4 Å². The summed E-state index contributed by atoms with van der Waals surface area (Å²) in [6.45, 7) is 7.21. The number of aromatic nitrogens is 1. The van der Waals surface area contributed by atoms with E-state index in [9.17, 15) is 13.2 Å². The Kier molecular flexibility index (Phi) is 6.62. The normalized spacial score (nSPS) is 23.0. The number of benzene rings is 1. The molecule has 1 aliphatic heterocycles. The number of nitrogens with zero attached hydrogens (tertiary/aromatic N) is 1. The fraction of sp³-hybridized carbons (Fsp3) is 0.600. The lowest BCUT2D eigenvalue weighted by Gasteiger charge is -2.40. The van der Waals surface area contributed by atoms with Crippen molar-refractivity contribution in [3.8, 4) is 0 Å². The summed E-state index contributed by atoms with van der Waals surface area (Å²) in [6.07, 6.45) is -0.138. The van der Waals surface area contributed by atoms with Crippen molar-refractivity contribution in [3.63, 3.8) is 0 Å². The van der Waals surface area contributed by atoms with Crippen LogP contribution in [0.5, 0.6) is 0 Å². The largest absolute Gasteiger partial charge is 0.463 e. The van der Waals surface area contributed by atoms with Crippen LogP contribution in [0.2, 0.25) is 0 Å². The number of hydrogen-bond acceptors (Lipinski definition) is 8. The third kappa shape index (κ3) is 5.75. The Labute approximate surface area is 175 Å². The average molecular weight is 442 g/mol. The van der Waals surface area contributed by atoms with Crippen LogP contribution in [0.4, 0.5) is 0 Å². The molecule has 3 rings (SSSR count). The van der Waals surface area contributed by atoms with Crippen molar-refractivity contribution in [2.45, 2.75) is 75.4 Å². The van der Waals surface area contributed by atoms with E-state index >= 15 is 0 Å². The maximum absolute atomic E-state index is 12.9. The Morgan fingerprint density at radius 3 is 2.69 bits per heavy atom. The van der Waals surface area contributed by atoms with E-state index in [4.69, 9.17) is 14.2 Å². The SMILES string of the molecule is CCC(C)OC(=O)C[C@@H]1CC(CS(=O)(=O)c2nc3ccccc3s2)OC(C)(C)O1. The topological polar surface area (TPSA) is 91.8 Å². The first-order valence-corrected chi connectivity index (χ1v) is 12.2. The molecule has 1 aromatic carbocycles. The molecule has 3 atom stereocenters. The molecule has 1 saturated heterocycles. The summed E-state index contributed by atoms with van der Waals surface area (Å²) in [6, 6.07) is 7.31. The summed E-state index contributed by atoms with van der Waals surface area (Å²) in [5, 5.41) is 0. The minimum Gasteiger partial charge on any atom is -0.463 e. The zero-order valence-corrected chi connectivity index (χ0v) is 18.7. The summed E-state index contributed by atoms with van der Waals surface area (Å²) < 4.78 is 43.8. The number of para-hydroxylation sites is 1. The molecule has 0 saturated carbocycles. The standard InChI is InChI=1S/C20H27NO6S2/c1-5-13(2)25-18(22)11-14-10-15(27-20(3,4)26-14)12-29(23,24)19-21-16-8-6-7-9-17(16)28-19/h6-9,13-15H,5,10-12H2,1-4H3/t13?,14-,15?/m0/s1. The van der Waals surface area contributed by atoms with Crippen LogP contribution in [0, 0.1) is 0 Å². The Morgan fingerprint density at radius 2 is 2.00 bits per heavy atom. The van der Waals surface area contributed by atoms with Crippen LogP contribution in [0.15, 0.2) is 28.6 Å². The van der Waals surface area contributed by atoms with Crippen molar-refractivity contribution in [1.29, 1.82) is 0 Å². The Bertz CT molecular complexity index is 935. The number of esters is 1. The molecule has 0 bridgehead atoms. The molecule has 0 radical (unpaired) electrons. The number of carbonyl (C=O) groups excluding carboxylic acids is 1. The van der Waals surface area contributed by atoms with Crippen LogP contribution in [-0.2, 0) is 28.8 Å². The molecule has 0 aliphatic carbocycles. The third-order valence-electron chi connectivity index (χ3n) is 4.67. The van der Waals surface area contributed by atoms with E-state index in [1.165, 1.54) is 0 Å². The molecule has 1 fully saturated rings. The molecule has 7 nitrogen and oxygen atoms in total. The maximum Gasteiger partial charge on any atom is 0.308 e. The fourth-order valence-electron chi connectivity index (χ4n) is 3.29. The van der Waals surface area contributed by atoms with E-state index < -0.39 is 27.8 Å². The number of ether oxygens (including phenoxy) is 3. The third-order valence-corrected chi connectivity index (χ3v) is 7.95. The van der Waals surface area contributed by atoms with Gasteiger partial charge in [-0.2, -0.15) is 0 Å². The molecule has 160 valence electrons. The maximum atomic E-state index is 12.9. The van der Waals surface area contributed by atoms with E-state index in [0.29, 0.717) is 11.9 Å². The van der Waals surface area contributed by atoms with Crippen LogP contribution in [0.3, 0.4) is 0 Å². The van der Waals surface area contributed by atoms with Crippen molar-refractivity contribution >= 4 is 37.4 Å². The lowest BCUT2D eigenvalue weighted by molar-refractivity contribution is -0.295. The van der Waals surface area contributed by atoms with Gasteiger partial charge in [-0.05, 0) is 39.3 Å². The van der Waals surface area contributed by atoms with Crippen LogP contribution >= 0.6 is 11.3 Å². The van der Waals surface area contributed by atoms with E-state index in [2.05, 4.69) is 4.98 Å². The molecule has 2 aromatic rings. The van der Waals surface area contributed by atoms with Gasteiger partial charge in [0, 0.05) is 6.42 Å². The first kappa shape index (κ1) is 22.1. The van der Waals surface area contributed by atoms with Gasteiger partial charge >= 0.3 is 5.97 Å². The zero-order valence-electron chi connectivity index (χ0n) is 17.1. The highest BCUT2D eigenvalue weighted by atomic mass is 32.2. The number of carbonyl (C=O) groups is 1. The highest BCUT2D eigenvalue weighted by Gasteiger charge is 2.39. The zero-order chi connectivity index (χ0) is 21.2. The van der Waals surface area contributed by atoms with Gasteiger partial charge in [0.1, 0.15) is 0 Å². The second kappa shape index (κ2) is 8.67. The summed E-state index contributed by atoms with van der Waals surface area (Å²) in [4.78, 5) is 16.4. The van der Waals surface area contributed by atoms with Crippen molar-refractivity contribution in [3.05, 3.63) is 24.3 Å². The van der Waals surface area contributed by atoms with Crippen molar-refractivity contribution in [2.24, 2.45) is 0 Å². The minimum absolute atomic E-state index is 0.0643. The Hall–Kier alpha value is -1.55. The summed E-state index contributed by atoms with van der Waals surface area (Å²) >= 11 is 1.15. The second-order valence-corrected chi connectivity index (χ2v) is 11.0. The highest BCUT2D eigenvalue weighted by Crippen LogP contribution is 2.32. The van der Waals surface area contributed by atoms with Gasteiger partial charge in [0.15, 0.2) is 5.79 Å². The molecular weight excluding hydrogens is 414 g/mol. The predicted octanol–water partition coefficient (Wildman–Crippen LogP) is 3.71. The Morgan fingerprint density at radius 1 is 1.31 bits per heavy atom. The van der Waals surface area contributed by atoms with Crippen molar-refractivity contribution in [1.82, 2.24) is 4.98 Å². The van der Waals surface area contributed by atoms with Crippen LogP contribution in [-0.4, -0.2) is 49.2 Å². The summed E-state index contributed by atoms with van der Waals surface area (Å²) in [5.74, 6) is -1.56. The lowest BCUT2D eigenvalue weighted by Crippen LogP contribution is -2.47. The van der Waals surface area contributed by atoms with Crippen LogP contribution in [0.1, 0.15) is 47.0 Å². The fourth-order valence-corrected chi connectivity index (χ4v) is 6.04. The van der Waals surface area contributed by atoms with Gasteiger partial charge in [-0.15, -0.1) is 11.3 Å². The lowest BCUT2D eigenvalue weighted by atomic mass is 10.1. The second-order valence-electron chi connectivity index (χ2n) is 7.76. The molecule has 0 spiro atoms. The highest BCUT2D eigenvalue weighted by molar-refractivity contribution is 7.93. The number of fused-ring (bicyclic) bond motifs is 1. The Balaban J connectivity index is 1.70. The number of rotatable bonds is 7. The van der Waals surface area contributed by atoms with Gasteiger partial charge in [0.05, 0.1) is 40.7 Å². The number of thiazole rings is 1. The quantitative estimate of drug-likeness (QED) is 0.605. The predicted molar refractivity (Wildman–Crippen MR) is 111 cm³/mol. The smallest absolute Gasteiger partial charge is 0.308 e. The molecule has 1 aliphatic rings. The van der Waals surface area contributed by atoms with Gasteiger partial charge < -0.3 is 14.2 Å². The van der Waals surface area contributed by atoms with E-state index in [0.717, 1.165) is 22.5 Å². The molecule has 9 heteroatoms. The molecule has 29 heavy (non-hydrogen) atoms. The number of hydrogen-bond donors (Lipinski definition) is 0. The summed E-state index contributed by atoms with van der Waals surface area (Å²) in [7, 11) is -3.64. The van der Waals surface area contributed by atoms with Crippen LogP contribution < -0.4 is 0 Å². The van der Waals surface area contributed by atoms with E-state index in [-0.39, 0.29) is 28.6 Å². The van der Waals surface area contributed by atoms with Gasteiger partial charge in [-0.3, -0.25) is 4.79 Å².